The lowest BCUT2D eigenvalue weighted by Crippen LogP contribution is -2.21. The van der Waals surface area contributed by atoms with Gasteiger partial charge in [0.1, 0.15) is 0 Å². The zero-order valence-electron chi connectivity index (χ0n) is 11.0. The zero-order valence-corrected chi connectivity index (χ0v) is 11.8. The molecule has 5 heteroatoms. The van der Waals surface area contributed by atoms with Crippen LogP contribution in [0.2, 0.25) is 0 Å². The number of rotatable bonds is 5. The first kappa shape index (κ1) is 14.0. The fraction of sp³-hybridized carbons (Fsp3) is 0.357. The van der Waals surface area contributed by atoms with Crippen LogP contribution in [0.3, 0.4) is 0 Å². The van der Waals surface area contributed by atoms with Gasteiger partial charge in [0.15, 0.2) is 11.6 Å². The van der Waals surface area contributed by atoms with Crippen LogP contribution in [0.4, 0.5) is 4.39 Å². The van der Waals surface area contributed by atoms with Gasteiger partial charge in [-0.2, -0.15) is 0 Å². The van der Waals surface area contributed by atoms with Gasteiger partial charge in [0, 0.05) is 23.4 Å². The highest BCUT2D eigenvalue weighted by Crippen LogP contribution is 2.27. The van der Waals surface area contributed by atoms with Crippen LogP contribution >= 0.6 is 11.3 Å². The lowest BCUT2D eigenvalue weighted by atomic mass is 10.1. The molecule has 1 aromatic heterocycles. The van der Waals surface area contributed by atoms with E-state index in [1.807, 2.05) is 5.38 Å². The lowest BCUT2D eigenvalue weighted by molar-refractivity contribution is 0.386. The number of hydrogen-bond donors (Lipinski definition) is 1. The number of hydrogen-bond acceptors (Lipinski definition) is 4. The Morgan fingerprint density at radius 3 is 2.89 bits per heavy atom. The molecule has 1 aromatic carbocycles. The third-order valence-corrected chi connectivity index (χ3v) is 3.83. The predicted octanol–water partition coefficient (Wildman–Crippen LogP) is 3.24. The normalized spacial score (nSPS) is 12.4. The maximum absolute atomic E-state index is 13.6. The van der Waals surface area contributed by atoms with E-state index in [1.165, 1.54) is 13.2 Å². The summed E-state index contributed by atoms with van der Waals surface area (Å²) in [5.41, 5.74) is 7.44. The van der Waals surface area contributed by atoms with Gasteiger partial charge in [-0.15, -0.1) is 11.3 Å². The smallest absolute Gasteiger partial charge is 0.165 e. The summed E-state index contributed by atoms with van der Waals surface area (Å²) in [5, 5.41) is 2.92. The van der Waals surface area contributed by atoms with Crippen LogP contribution in [0.15, 0.2) is 23.6 Å². The van der Waals surface area contributed by atoms with Crippen LogP contribution in [-0.2, 0) is 6.42 Å². The van der Waals surface area contributed by atoms with Gasteiger partial charge in [-0.25, -0.2) is 9.37 Å². The topological polar surface area (TPSA) is 48.1 Å². The van der Waals surface area contributed by atoms with Gasteiger partial charge in [0.05, 0.1) is 17.8 Å². The van der Waals surface area contributed by atoms with E-state index >= 15 is 0 Å². The molecule has 0 aliphatic rings. The van der Waals surface area contributed by atoms with Crippen LogP contribution < -0.4 is 10.5 Å². The van der Waals surface area contributed by atoms with Crippen molar-refractivity contribution in [2.24, 2.45) is 5.73 Å². The molecule has 3 nitrogen and oxygen atoms in total. The number of aromatic nitrogens is 1. The van der Waals surface area contributed by atoms with E-state index in [4.69, 9.17) is 10.5 Å². The molecule has 1 unspecified atom stereocenters. The molecule has 0 fully saturated rings. The van der Waals surface area contributed by atoms with Crippen LogP contribution in [0, 0.1) is 5.82 Å². The Hall–Kier alpha value is -1.46. The summed E-state index contributed by atoms with van der Waals surface area (Å²) in [4.78, 5) is 4.50. The van der Waals surface area contributed by atoms with E-state index in [0.29, 0.717) is 0 Å². The number of thiazole rings is 1. The molecule has 0 aliphatic heterocycles. The fourth-order valence-electron chi connectivity index (χ4n) is 1.73. The number of nitrogens with two attached hydrogens (primary N) is 1. The second-order valence-corrected chi connectivity index (χ2v) is 5.29. The second-order valence-electron chi connectivity index (χ2n) is 4.35. The monoisotopic (exact) mass is 280 g/mol. The summed E-state index contributed by atoms with van der Waals surface area (Å²) in [6.45, 7) is 2.05. The molecule has 0 radical (unpaired) electrons. The number of nitrogens with zero attached hydrogens (tertiary/aromatic N) is 1. The molecule has 0 amide bonds. The molecule has 1 heterocycles. The first-order valence-electron chi connectivity index (χ1n) is 6.18. The quantitative estimate of drug-likeness (QED) is 0.914. The molecule has 2 rings (SSSR count). The molecule has 2 N–H and O–H groups in total. The van der Waals surface area contributed by atoms with E-state index in [1.54, 1.807) is 23.5 Å². The van der Waals surface area contributed by atoms with E-state index in [2.05, 4.69) is 11.9 Å². The van der Waals surface area contributed by atoms with Gasteiger partial charge in [0.25, 0.3) is 0 Å². The van der Waals surface area contributed by atoms with Gasteiger partial charge < -0.3 is 10.5 Å². The molecule has 0 bridgehead atoms. The molecule has 102 valence electrons. The van der Waals surface area contributed by atoms with Gasteiger partial charge in [-0.3, -0.25) is 0 Å². The minimum Gasteiger partial charge on any atom is -0.494 e. The largest absolute Gasteiger partial charge is 0.494 e. The summed E-state index contributed by atoms with van der Waals surface area (Å²) in [5.74, 6) is -0.132. The van der Waals surface area contributed by atoms with Crippen molar-refractivity contribution in [2.45, 2.75) is 25.8 Å². The van der Waals surface area contributed by atoms with Gasteiger partial charge in [-0.1, -0.05) is 6.92 Å². The molecule has 2 aromatic rings. The average molecular weight is 280 g/mol. The summed E-state index contributed by atoms with van der Waals surface area (Å²) in [7, 11) is 1.45. The highest BCUT2D eigenvalue weighted by atomic mass is 32.1. The highest BCUT2D eigenvalue weighted by molar-refractivity contribution is 7.09. The summed E-state index contributed by atoms with van der Waals surface area (Å²) in [6, 6.07) is 4.99. The van der Waals surface area contributed by atoms with E-state index < -0.39 is 0 Å². The number of halogens is 1. The Morgan fingerprint density at radius 1 is 1.47 bits per heavy atom. The van der Waals surface area contributed by atoms with Gasteiger partial charge >= 0.3 is 0 Å². The second kappa shape index (κ2) is 6.12. The molecule has 0 spiro atoms. The summed E-state index contributed by atoms with van der Waals surface area (Å²) in [6.07, 6.45) is 1.69. The Morgan fingerprint density at radius 2 is 2.26 bits per heavy atom. The van der Waals surface area contributed by atoms with Crippen molar-refractivity contribution in [3.8, 4) is 17.0 Å². The third kappa shape index (κ3) is 3.30. The molecule has 0 saturated heterocycles. The van der Waals surface area contributed by atoms with Crippen molar-refractivity contribution in [1.82, 2.24) is 4.98 Å². The predicted molar refractivity (Wildman–Crippen MR) is 76.0 cm³/mol. The molecule has 1 atom stereocenters. The van der Waals surface area contributed by atoms with Crippen LogP contribution in [0.1, 0.15) is 18.4 Å². The molecule has 19 heavy (non-hydrogen) atoms. The van der Waals surface area contributed by atoms with Crippen LogP contribution in [0.25, 0.3) is 11.3 Å². The van der Waals surface area contributed by atoms with Crippen molar-refractivity contribution >= 4 is 11.3 Å². The first-order valence-corrected chi connectivity index (χ1v) is 7.06. The van der Waals surface area contributed by atoms with Crippen molar-refractivity contribution in [3.63, 3.8) is 0 Å². The van der Waals surface area contributed by atoms with Crippen molar-refractivity contribution in [3.05, 3.63) is 34.4 Å². The zero-order chi connectivity index (χ0) is 13.8. The lowest BCUT2D eigenvalue weighted by Gasteiger charge is -2.05. The summed E-state index contributed by atoms with van der Waals surface area (Å²) >= 11 is 1.56. The molecule has 0 saturated carbocycles. The molecular formula is C14H17FN2OS. The minimum atomic E-state index is -0.375. The Balaban J connectivity index is 2.20. The Labute approximate surface area is 116 Å². The maximum Gasteiger partial charge on any atom is 0.165 e. The van der Waals surface area contributed by atoms with Crippen LogP contribution in [-0.4, -0.2) is 18.1 Å². The van der Waals surface area contributed by atoms with E-state index in [9.17, 15) is 4.39 Å². The van der Waals surface area contributed by atoms with E-state index in [-0.39, 0.29) is 17.6 Å². The van der Waals surface area contributed by atoms with Crippen molar-refractivity contribution in [2.75, 3.05) is 7.11 Å². The standard InChI is InChI=1S/C14H17FN2OS/c1-3-10(16)7-14-17-12(8-19-14)9-4-5-13(18-2)11(15)6-9/h4-6,8,10H,3,7,16H2,1-2H3. The number of benzene rings is 1. The number of methoxy groups -OCH3 is 1. The Bertz CT molecular complexity index is 556. The minimum absolute atomic E-state index is 0.131. The number of ether oxygens (including phenoxy) is 1. The van der Waals surface area contributed by atoms with Crippen LogP contribution in [0.5, 0.6) is 5.75 Å². The SMILES string of the molecule is CCC(N)Cc1nc(-c2ccc(OC)c(F)c2)cs1. The average Bonchev–Trinajstić information content (AvgIpc) is 2.87. The van der Waals surface area contributed by atoms with E-state index in [0.717, 1.165) is 29.1 Å². The Kier molecular flexibility index (Phi) is 4.50. The highest BCUT2D eigenvalue weighted by Gasteiger charge is 2.10. The maximum atomic E-state index is 13.6. The fourth-order valence-corrected chi connectivity index (χ4v) is 2.63. The summed E-state index contributed by atoms with van der Waals surface area (Å²) < 4.78 is 18.5. The van der Waals surface area contributed by atoms with Gasteiger partial charge in [-0.05, 0) is 24.6 Å². The van der Waals surface area contributed by atoms with Crippen molar-refractivity contribution < 1.29 is 9.13 Å². The first-order chi connectivity index (χ1) is 9.13. The molecule has 0 aliphatic carbocycles. The third-order valence-electron chi connectivity index (χ3n) is 2.96. The molecular weight excluding hydrogens is 263 g/mol. The van der Waals surface area contributed by atoms with Gasteiger partial charge in [0.2, 0.25) is 0 Å². The van der Waals surface area contributed by atoms with Crippen molar-refractivity contribution in [1.29, 1.82) is 0 Å².